The second-order valence-corrected chi connectivity index (χ2v) is 5.01. The zero-order chi connectivity index (χ0) is 14.9. The van der Waals surface area contributed by atoms with Crippen LogP contribution in [-0.4, -0.2) is 15.2 Å². The number of halogens is 1. The van der Waals surface area contributed by atoms with Gasteiger partial charge in [0.2, 0.25) is 0 Å². The summed E-state index contributed by atoms with van der Waals surface area (Å²) < 4.78 is 14.0. The molecule has 2 heterocycles. The SMILES string of the molecule is Fc1ccccc1-c1ccc2[nH]nc(-c3ccccc3)c2n1. The van der Waals surface area contributed by atoms with Gasteiger partial charge < -0.3 is 0 Å². The largest absolute Gasteiger partial charge is 0.276 e. The van der Waals surface area contributed by atoms with Gasteiger partial charge in [0.15, 0.2) is 0 Å². The summed E-state index contributed by atoms with van der Waals surface area (Å²) in [6, 6.07) is 20.1. The monoisotopic (exact) mass is 289 g/mol. The van der Waals surface area contributed by atoms with Crippen LogP contribution in [0.1, 0.15) is 0 Å². The van der Waals surface area contributed by atoms with Crippen molar-refractivity contribution in [3.05, 3.63) is 72.5 Å². The van der Waals surface area contributed by atoms with Crippen LogP contribution < -0.4 is 0 Å². The zero-order valence-corrected chi connectivity index (χ0v) is 11.6. The molecule has 0 aliphatic heterocycles. The molecule has 2 aromatic heterocycles. The topological polar surface area (TPSA) is 41.6 Å². The Morgan fingerprint density at radius 3 is 2.41 bits per heavy atom. The van der Waals surface area contributed by atoms with E-state index in [2.05, 4.69) is 15.2 Å². The summed E-state index contributed by atoms with van der Waals surface area (Å²) >= 11 is 0. The molecule has 2 aromatic carbocycles. The molecule has 106 valence electrons. The van der Waals surface area contributed by atoms with Crippen LogP contribution in [0, 0.1) is 5.82 Å². The molecule has 1 N–H and O–H groups in total. The quantitative estimate of drug-likeness (QED) is 0.593. The lowest BCUT2D eigenvalue weighted by molar-refractivity contribution is 0.631. The van der Waals surface area contributed by atoms with E-state index < -0.39 is 0 Å². The third kappa shape index (κ3) is 2.05. The second-order valence-electron chi connectivity index (χ2n) is 5.01. The number of H-pyrrole nitrogens is 1. The first kappa shape index (κ1) is 12.7. The van der Waals surface area contributed by atoms with Gasteiger partial charge in [0, 0.05) is 11.1 Å². The third-order valence-electron chi connectivity index (χ3n) is 3.60. The molecule has 0 fully saturated rings. The Hall–Kier alpha value is -3.01. The molecule has 0 unspecified atom stereocenters. The van der Waals surface area contributed by atoms with E-state index in [9.17, 15) is 4.39 Å². The summed E-state index contributed by atoms with van der Waals surface area (Å²) in [5.74, 6) is -0.279. The van der Waals surface area contributed by atoms with Gasteiger partial charge in [0.1, 0.15) is 17.0 Å². The van der Waals surface area contributed by atoms with E-state index in [4.69, 9.17) is 0 Å². The van der Waals surface area contributed by atoms with Crippen molar-refractivity contribution in [1.29, 1.82) is 0 Å². The number of pyridine rings is 1. The first-order chi connectivity index (χ1) is 10.8. The first-order valence-corrected chi connectivity index (χ1v) is 6.98. The fraction of sp³-hybridized carbons (Fsp3) is 0. The Kier molecular flexibility index (Phi) is 2.93. The third-order valence-corrected chi connectivity index (χ3v) is 3.60. The summed E-state index contributed by atoms with van der Waals surface area (Å²) in [7, 11) is 0. The molecular weight excluding hydrogens is 277 g/mol. The molecule has 4 heteroatoms. The van der Waals surface area contributed by atoms with E-state index in [0.717, 1.165) is 22.3 Å². The van der Waals surface area contributed by atoms with Crippen LogP contribution in [0.25, 0.3) is 33.5 Å². The fourth-order valence-electron chi connectivity index (χ4n) is 2.52. The van der Waals surface area contributed by atoms with Crippen molar-refractivity contribution >= 4 is 11.0 Å². The van der Waals surface area contributed by atoms with E-state index >= 15 is 0 Å². The maximum atomic E-state index is 14.0. The van der Waals surface area contributed by atoms with Crippen molar-refractivity contribution < 1.29 is 4.39 Å². The molecule has 0 aliphatic rings. The smallest absolute Gasteiger partial charge is 0.132 e. The van der Waals surface area contributed by atoms with E-state index in [0.29, 0.717) is 11.3 Å². The molecule has 0 amide bonds. The number of nitrogens with one attached hydrogen (secondary N) is 1. The maximum Gasteiger partial charge on any atom is 0.132 e. The highest BCUT2D eigenvalue weighted by Gasteiger charge is 2.12. The summed E-state index contributed by atoms with van der Waals surface area (Å²) in [6.07, 6.45) is 0. The van der Waals surface area contributed by atoms with Gasteiger partial charge in [-0.1, -0.05) is 42.5 Å². The van der Waals surface area contributed by atoms with E-state index in [1.165, 1.54) is 6.07 Å². The normalized spacial score (nSPS) is 11.0. The molecule has 0 atom stereocenters. The predicted molar refractivity (Wildman–Crippen MR) is 84.7 cm³/mol. The first-order valence-electron chi connectivity index (χ1n) is 6.98. The summed E-state index contributed by atoms with van der Waals surface area (Å²) in [5.41, 5.74) is 4.42. The Morgan fingerprint density at radius 1 is 0.818 bits per heavy atom. The summed E-state index contributed by atoms with van der Waals surface area (Å²) in [6.45, 7) is 0. The van der Waals surface area contributed by atoms with Gasteiger partial charge in [0.25, 0.3) is 0 Å². The Morgan fingerprint density at radius 2 is 1.59 bits per heavy atom. The number of hydrogen-bond acceptors (Lipinski definition) is 2. The van der Waals surface area contributed by atoms with Crippen LogP contribution in [0.3, 0.4) is 0 Å². The molecular formula is C18H12FN3. The number of nitrogens with zero attached hydrogens (tertiary/aromatic N) is 2. The van der Waals surface area contributed by atoms with Gasteiger partial charge in [-0.25, -0.2) is 9.37 Å². The van der Waals surface area contributed by atoms with Gasteiger partial charge >= 0.3 is 0 Å². The number of benzene rings is 2. The average molecular weight is 289 g/mol. The summed E-state index contributed by atoms with van der Waals surface area (Å²) in [4.78, 5) is 4.61. The van der Waals surface area contributed by atoms with E-state index in [1.54, 1.807) is 24.3 Å². The Labute approximate surface area is 126 Å². The van der Waals surface area contributed by atoms with Crippen molar-refractivity contribution in [1.82, 2.24) is 15.2 Å². The van der Waals surface area contributed by atoms with Crippen LogP contribution in [0.4, 0.5) is 4.39 Å². The minimum absolute atomic E-state index is 0.279. The number of hydrogen-bond donors (Lipinski definition) is 1. The van der Waals surface area contributed by atoms with Gasteiger partial charge in [0.05, 0.1) is 11.2 Å². The van der Waals surface area contributed by atoms with Crippen molar-refractivity contribution in [2.45, 2.75) is 0 Å². The predicted octanol–water partition coefficient (Wildman–Crippen LogP) is 4.43. The van der Waals surface area contributed by atoms with Crippen LogP contribution in [0.15, 0.2) is 66.7 Å². The van der Waals surface area contributed by atoms with Crippen LogP contribution in [-0.2, 0) is 0 Å². The lowest BCUT2D eigenvalue weighted by Crippen LogP contribution is -1.88. The van der Waals surface area contributed by atoms with Crippen molar-refractivity contribution in [2.24, 2.45) is 0 Å². The van der Waals surface area contributed by atoms with Gasteiger partial charge in [-0.3, -0.25) is 5.10 Å². The minimum Gasteiger partial charge on any atom is -0.276 e. The maximum absolute atomic E-state index is 14.0. The highest BCUT2D eigenvalue weighted by atomic mass is 19.1. The fourth-order valence-corrected chi connectivity index (χ4v) is 2.52. The molecule has 3 nitrogen and oxygen atoms in total. The molecule has 0 saturated heterocycles. The van der Waals surface area contributed by atoms with Crippen LogP contribution >= 0.6 is 0 Å². The van der Waals surface area contributed by atoms with Crippen molar-refractivity contribution in [3.8, 4) is 22.5 Å². The molecule has 0 spiro atoms. The molecule has 0 radical (unpaired) electrons. The lowest BCUT2D eigenvalue weighted by atomic mass is 10.1. The number of aromatic amines is 1. The highest BCUT2D eigenvalue weighted by molar-refractivity contribution is 5.90. The lowest BCUT2D eigenvalue weighted by Gasteiger charge is -2.03. The number of rotatable bonds is 2. The molecule has 0 saturated carbocycles. The highest BCUT2D eigenvalue weighted by Crippen LogP contribution is 2.28. The van der Waals surface area contributed by atoms with Gasteiger partial charge in [-0.15, -0.1) is 0 Å². The standard InChI is InChI=1S/C18H12FN3/c19-14-9-5-4-8-13(14)15-10-11-16-18(20-15)17(22-21-16)12-6-2-1-3-7-12/h1-11H,(H,21,22). The zero-order valence-electron chi connectivity index (χ0n) is 11.6. The minimum atomic E-state index is -0.279. The molecule has 4 aromatic rings. The molecule has 22 heavy (non-hydrogen) atoms. The molecule has 0 aliphatic carbocycles. The Bertz CT molecular complexity index is 945. The van der Waals surface area contributed by atoms with Crippen molar-refractivity contribution in [2.75, 3.05) is 0 Å². The van der Waals surface area contributed by atoms with Gasteiger partial charge in [-0.2, -0.15) is 5.10 Å². The Balaban J connectivity index is 1.92. The van der Waals surface area contributed by atoms with Crippen molar-refractivity contribution in [3.63, 3.8) is 0 Å². The average Bonchev–Trinajstić information content (AvgIpc) is 2.99. The number of aromatic nitrogens is 3. The molecule has 4 rings (SSSR count). The number of fused-ring (bicyclic) bond motifs is 1. The van der Waals surface area contributed by atoms with E-state index in [-0.39, 0.29) is 5.82 Å². The molecule has 0 bridgehead atoms. The van der Waals surface area contributed by atoms with E-state index in [1.807, 2.05) is 36.4 Å². The summed E-state index contributed by atoms with van der Waals surface area (Å²) in [5, 5.41) is 7.32. The second kappa shape index (κ2) is 5.07. The van der Waals surface area contributed by atoms with Crippen LogP contribution in [0.2, 0.25) is 0 Å². The van der Waals surface area contributed by atoms with Crippen LogP contribution in [0.5, 0.6) is 0 Å². The van der Waals surface area contributed by atoms with Gasteiger partial charge in [-0.05, 0) is 24.3 Å².